The number of hydrogen-bond donors (Lipinski definition) is 2. The van der Waals surface area contributed by atoms with Gasteiger partial charge < -0.3 is 20.1 Å². The Bertz CT molecular complexity index is 1040. The van der Waals surface area contributed by atoms with Gasteiger partial charge in [-0.2, -0.15) is 0 Å². The summed E-state index contributed by atoms with van der Waals surface area (Å²) in [5.74, 6) is -1.56. The molecule has 2 aliphatic carbocycles. The van der Waals surface area contributed by atoms with Gasteiger partial charge in [-0.1, -0.05) is 61.9 Å². The van der Waals surface area contributed by atoms with E-state index >= 15 is 0 Å². The minimum atomic E-state index is -0.910. The molecule has 0 aliphatic heterocycles. The number of ether oxygens (including phenoxy) is 1. The molecular formula is C28H34N2O5. The van der Waals surface area contributed by atoms with Crippen molar-refractivity contribution in [3.8, 4) is 11.1 Å². The van der Waals surface area contributed by atoms with Crippen LogP contribution < -0.4 is 5.32 Å². The van der Waals surface area contributed by atoms with Crippen LogP contribution in [0, 0.1) is 11.8 Å². The summed E-state index contributed by atoms with van der Waals surface area (Å²) in [6.07, 6.45) is 2.44. The Morgan fingerprint density at radius 2 is 1.69 bits per heavy atom. The lowest BCUT2D eigenvalue weighted by molar-refractivity contribution is -0.143. The molecule has 4 rings (SSSR count). The number of hydrogen-bond acceptors (Lipinski definition) is 4. The Labute approximate surface area is 206 Å². The fourth-order valence-corrected chi connectivity index (χ4v) is 5.43. The summed E-state index contributed by atoms with van der Waals surface area (Å²) >= 11 is 0. The van der Waals surface area contributed by atoms with E-state index in [0.717, 1.165) is 19.3 Å². The van der Waals surface area contributed by atoms with E-state index in [0.29, 0.717) is 13.0 Å². The number of carbonyl (C=O) groups excluding carboxylic acids is 2. The Morgan fingerprint density at radius 1 is 1.06 bits per heavy atom. The van der Waals surface area contributed by atoms with Crippen molar-refractivity contribution in [1.82, 2.24) is 10.2 Å². The third kappa shape index (κ3) is 5.50. The molecular weight excluding hydrogens is 444 g/mol. The van der Waals surface area contributed by atoms with Crippen molar-refractivity contribution in [1.29, 1.82) is 0 Å². The van der Waals surface area contributed by atoms with Gasteiger partial charge in [-0.15, -0.1) is 0 Å². The van der Waals surface area contributed by atoms with Crippen molar-refractivity contribution in [2.75, 3.05) is 19.7 Å². The quantitative estimate of drug-likeness (QED) is 0.547. The van der Waals surface area contributed by atoms with Crippen molar-refractivity contribution in [3.05, 3.63) is 59.7 Å². The third-order valence-electron chi connectivity index (χ3n) is 7.39. The first-order valence-corrected chi connectivity index (χ1v) is 12.5. The molecule has 1 saturated carbocycles. The predicted octanol–water partition coefficient (Wildman–Crippen LogP) is 4.65. The monoisotopic (exact) mass is 478 g/mol. The molecule has 0 heterocycles. The van der Waals surface area contributed by atoms with Gasteiger partial charge in [-0.3, -0.25) is 9.59 Å². The molecule has 7 heteroatoms. The van der Waals surface area contributed by atoms with Gasteiger partial charge in [0.15, 0.2) is 0 Å². The first-order valence-electron chi connectivity index (χ1n) is 12.5. The molecule has 3 atom stereocenters. The molecule has 186 valence electrons. The second kappa shape index (κ2) is 10.9. The largest absolute Gasteiger partial charge is 0.481 e. The summed E-state index contributed by atoms with van der Waals surface area (Å²) in [5, 5.41) is 12.2. The minimum Gasteiger partial charge on any atom is -0.481 e. The lowest BCUT2D eigenvalue weighted by Crippen LogP contribution is -2.42. The number of amides is 2. The molecule has 1 fully saturated rings. The van der Waals surface area contributed by atoms with E-state index in [-0.39, 0.29) is 36.9 Å². The first kappa shape index (κ1) is 24.8. The molecule has 0 saturated heterocycles. The summed E-state index contributed by atoms with van der Waals surface area (Å²) in [4.78, 5) is 38.4. The van der Waals surface area contributed by atoms with Crippen molar-refractivity contribution in [2.45, 2.75) is 51.5 Å². The standard InChI is InChI=1S/C28H34N2O5/c1-3-30(16-18(2)27(32)33)26(31)15-19-9-8-14-25(19)29-28(34)35-17-24-22-12-6-4-10-20(22)21-11-5-7-13-23(21)24/h4-7,10-13,18-19,24-25H,3,8-9,14-17H2,1-2H3,(H,29,34)(H,32,33)/t18?,19-,25+/m0/s1. The fraction of sp³-hybridized carbons (Fsp3) is 0.464. The summed E-state index contributed by atoms with van der Waals surface area (Å²) in [6.45, 7) is 4.38. The summed E-state index contributed by atoms with van der Waals surface area (Å²) < 4.78 is 5.69. The average molecular weight is 479 g/mol. The Morgan fingerprint density at radius 3 is 2.29 bits per heavy atom. The number of nitrogens with one attached hydrogen (secondary N) is 1. The number of nitrogens with zero attached hydrogens (tertiary/aromatic N) is 1. The normalized spacial score (nSPS) is 19.5. The maximum absolute atomic E-state index is 12.8. The second-order valence-electron chi connectivity index (χ2n) is 9.64. The summed E-state index contributed by atoms with van der Waals surface area (Å²) in [6, 6.07) is 16.3. The molecule has 7 nitrogen and oxygen atoms in total. The third-order valence-corrected chi connectivity index (χ3v) is 7.39. The topological polar surface area (TPSA) is 95.9 Å². The summed E-state index contributed by atoms with van der Waals surface area (Å²) in [7, 11) is 0. The Kier molecular flexibility index (Phi) is 7.73. The molecule has 0 bridgehead atoms. The molecule has 2 aromatic carbocycles. The molecule has 35 heavy (non-hydrogen) atoms. The molecule has 2 amide bonds. The van der Waals surface area contributed by atoms with Crippen LogP contribution in [0.1, 0.15) is 56.6 Å². The van der Waals surface area contributed by atoms with E-state index in [1.165, 1.54) is 22.3 Å². The summed E-state index contributed by atoms with van der Waals surface area (Å²) in [5.41, 5.74) is 4.70. The number of carboxylic acids is 1. The number of rotatable bonds is 9. The van der Waals surface area contributed by atoms with Crippen molar-refractivity contribution >= 4 is 18.0 Å². The van der Waals surface area contributed by atoms with Crippen LogP contribution >= 0.6 is 0 Å². The van der Waals surface area contributed by atoms with E-state index in [1.54, 1.807) is 11.8 Å². The second-order valence-corrected chi connectivity index (χ2v) is 9.64. The Hall–Kier alpha value is -3.35. The van der Waals surface area contributed by atoms with Crippen LogP contribution in [0.3, 0.4) is 0 Å². The van der Waals surface area contributed by atoms with Gasteiger partial charge in [0.2, 0.25) is 5.91 Å². The maximum Gasteiger partial charge on any atom is 0.407 e. The van der Waals surface area contributed by atoms with Crippen molar-refractivity contribution < 1.29 is 24.2 Å². The molecule has 1 unspecified atom stereocenters. The lowest BCUT2D eigenvalue weighted by atomic mass is 9.98. The molecule has 2 aromatic rings. The van der Waals surface area contributed by atoms with Crippen LogP contribution in [0.5, 0.6) is 0 Å². The molecule has 2 N–H and O–H groups in total. The first-order chi connectivity index (χ1) is 16.9. The smallest absolute Gasteiger partial charge is 0.407 e. The van der Waals surface area contributed by atoms with Crippen LogP contribution in [0.2, 0.25) is 0 Å². The number of carbonyl (C=O) groups is 3. The van der Waals surface area contributed by atoms with Gasteiger partial charge in [0.05, 0.1) is 5.92 Å². The highest BCUT2D eigenvalue weighted by molar-refractivity contribution is 5.79. The van der Waals surface area contributed by atoms with E-state index in [4.69, 9.17) is 4.74 Å². The van der Waals surface area contributed by atoms with Gasteiger partial charge >= 0.3 is 12.1 Å². The van der Waals surface area contributed by atoms with Crippen LogP contribution in [0.25, 0.3) is 11.1 Å². The van der Waals surface area contributed by atoms with E-state index < -0.39 is 18.0 Å². The fourth-order valence-electron chi connectivity index (χ4n) is 5.43. The van der Waals surface area contributed by atoms with Gasteiger partial charge in [0.1, 0.15) is 6.61 Å². The zero-order chi connectivity index (χ0) is 24.9. The van der Waals surface area contributed by atoms with E-state index in [9.17, 15) is 19.5 Å². The number of fused-ring (bicyclic) bond motifs is 3. The number of alkyl carbamates (subject to hydrolysis) is 1. The maximum atomic E-state index is 12.8. The highest BCUT2D eigenvalue weighted by Gasteiger charge is 2.33. The zero-order valence-corrected chi connectivity index (χ0v) is 20.4. The van der Waals surface area contributed by atoms with Crippen LogP contribution in [-0.2, 0) is 14.3 Å². The predicted molar refractivity (Wildman–Crippen MR) is 133 cm³/mol. The number of benzene rings is 2. The van der Waals surface area contributed by atoms with E-state index in [2.05, 4.69) is 29.6 Å². The van der Waals surface area contributed by atoms with Crippen LogP contribution in [0.15, 0.2) is 48.5 Å². The lowest BCUT2D eigenvalue weighted by Gasteiger charge is -2.26. The van der Waals surface area contributed by atoms with Crippen molar-refractivity contribution in [2.24, 2.45) is 11.8 Å². The number of carboxylic acid groups (broad SMARTS) is 1. The molecule has 0 spiro atoms. The molecule has 0 aromatic heterocycles. The van der Waals surface area contributed by atoms with Gasteiger partial charge in [0, 0.05) is 31.5 Å². The van der Waals surface area contributed by atoms with Crippen LogP contribution in [-0.4, -0.2) is 53.7 Å². The molecule has 0 radical (unpaired) electrons. The van der Waals surface area contributed by atoms with E-state index in [1.807, 2.05) is 31.2 Å². The van der Waals surface area contributed by atoms with Gasteiger partial charge in [-0.25, -0.2) is 4.79 Å². The number of aliphatic carboxylic acids is 1. The molecule has 2 aliphatic rings. The van der Waals surface area contributed by atoms with Crippen molar-refractivity contribution in [3.63, 3.8) is 0 Å². The van der Waals surface area contributed by atoms with Crippen LogP contribution in [0.4, 0.5) is 4.79 Å². The zero-order valence-electron chi connectivity index (χ0n) is 20.4. The highest BCUT2D eigenvalue weighted by atomic mass is 16.5. The SMILES string of the molecule is CCN(CC(C)C(=O)O)C(=O)C[C@@H]1CCC[C@H]1NC(=O)OCC1c2ccccc2-c2ccccc21. The highest BCUT2D eigenvalue weighted by Crippen LogP contribution is 2.44. The Balaban J connectivity index is 1.33. The average Bonchev–Trinajstić information content (AvgIpc) is 3.42. The van der Waals surface area contributed by atoms with Gasteiger partial charge in [-0.05, 0) is 47.9 Å². The van der Waals surface area contributed by atoms with Gasteiger partial charge in [0.25, 0.3) is 0 Å². The minimum absolute atomic E-state index is 0.00319.